The second-order valence-corrected chi connectivity index (χ2v) is 4.37. The lowest BCUT2D eigenvalue weighted by molar-refractivity contribution is -0.121. The molecule has 1 rings (SSSR count). The highest BCUT2D eigenvalue weighted by Crippen LogP contribution is 2.03. The predicted molar refractivity (Wildman–Crippen MR) is 77.2 cm³/mol. The van der Waals surface area contributed by atoms with Crippen LogP contribution in [-0.4, -0.2) is 49.1 Å². The van der Waals surface area contributed by atoms with Crippen LogP contribution >= 0.6 is 0 Å². The fraction of sp³-hybridized carbons (Fsp3) is 0.615. The van der Waals surface area contributed by atoms with Gasteiger partial charge in [0.2, 0.25) is 5.91 Å². The van der Waals surface area contributed by atoms with E-state index in [9.17, 15) is 9.59 Å². The van der Waals surface area contributed by atoms with E-state index in [1.54, 1.807) is 7.11 Å². The highest BCUT2D eigenvalue weighted by Gasteiger charge is 2.06. The highest BCUT2D eigenvalue weighted by molar-refractivity contribution is 5.75. The molecule has 0 bridgehead atoms. The zero-order chi connectivity index (χ0) is 15.5. The minimum Gasteiger partial charge on any atom is -0.492 e. The maximum atomic E-state index is 11.8. The van der Waals surface area contributed by atoms with Crippen molar-refractivity contribution in [2.45, 2.75) is 19.4 Å². The Labute approximate surface area is 123 Å². The molecule has 0 aliphatic heterocycles. The normalized spacial score (nSPS) is 10.4. The minimum atomic E-state index is -0.382. The Bertz CT molecular complexity index is 489. The molecular formula is C13H22N4O4. The topological polar surface area (TPSA) is 108 Å². The number of hydrogen-bond acceptors (Lipinski definition) is 6. The third kappa shape index (κ3) is 6.87. The van der Waals surface area contributed by atoms with Gasteiger partial charge in [-0.3, -0.25) is 9.59 Å². The number of carbonyl (C=O) groups excluding carboxylic acids is 1. The molecule has 0 unspecified atom stereocenters. The summed E-state index contributed by atoms with van der Waals surface area (Å²) >= 11 is 0. The van der Waals surface area contributed by atoms with E-state index in [0.717, 1.165) is 11.1 Å². The van der Waals surface area contributed by atoms with Crippen molar-refractivity contribution in [2.75, 3.05) is 33.4 Å². The first-order valence-corrected chi connectivity index (χ1v) is 6.83. The van der Waals surface area contributed by atoms with Crippen molar-refractivity contribution in [1.29, 1.82) is 0 Å². The number of aromatic nitrogens is 2. The number of nitrogens with one attached hydrogen (secondary N) is 1. The molecule has 0 fully saturated rings. The summed E-state index contributed by atoms with van der Waals surface area (Å²) in [6.45, 7) is 1.92. The molecule has 118 valence electrons. The summed E-state index contributed by atoms with van der Waals surface area (Å²) in [6.07, 6.45) is 2.83. The molecule has 0 aliphatic rings. The summed E-state index contributed by atoms with van der Waals surface area (Å²) in [5.74, 6) is 0.114. The van der Waals surface area contributed by atoms with Crippen LogP contribution in [0.5, 0.6) is 5.75 Å². The predicted octanol–water partition coefficient (Wildman–Crippen LogP) is -0.876. The molecule has 0 atom stereocenters. The van der Waals surface area contributed by atoms with E-state index in [4.69, 9.17) is 15.2 Å². The first kappa shape index (κ1) is 17.1. The van der Waals surface area contributed by atoms with Gasteiger partial charge in [-0.25, -0.2) is 4.68 Å². The Hall–Kier alpha value is -1.93. The zero-order valence-corrected chi connectivity index (χ0v) is 12.2. The molecule has 1 aromatic rings. The number of nitrogens with zero attached hydrogens (tertiary/aromatic N) is 2. The Morgan fingerprint density at radius 2 is 2.24 bits per heavy atom. The summed E-state index contributed by atoms with van der Waals surface area (Å²) in [7, 11) is 1.60. The quantitative estimate of drug-likeness (QED) is 0.543. The lowest BCUT2D eigenvalue weighted by atomic mass is 10.4. The van der Waals surface area contributed by atoms with E-state index in [1.165, 1.54) is 12.3 Å². The number of amides is 1. The van der Waals surface area contributed by atoms with Gasteiger partial charge in [-0.05, 0) is 19.4 Å². The third-order valence-corrected chi connectivity index (χ3v) is 2.60. The van der Waals surface area contributed by atoms with Crippen LogP contribution in [0, 0.1) is 0 Å². The molecule has 8 nitrogen and oxygen atoms in total. The maximum absolute atomic E-state index is 11.8. The van der Waals surface area contributed by atoms with Gasteiger partial charge in [0.25, 0.3) is 5.56 Å². The van der Waals surface area contributed by atoms with Crippen molar-refractivity contribution in [1.82, 2.24) is 15.1 Å². The van der Waals surface area contributed by atoms with Crippen molar-refractivity contribution >= 4 is 5.91 Å². The van der Waals surface area contributed by atoms with E-state index in [-0.39, 0.29) is 18.0 Å². The SMILES string of the molecule is COCCCNC(=O)Cn1ncc(OCCCN)cc1=O. The van der Waals surface area contributed by atoms with E-state index in [2.05, 4.69) is 10.4 Å². The Kier molecular flexibility index (Phi) is 8.07. The van der Waals surface area contributed by atoms with Gasteiger partial charge in [0.1, 0.15) is 12.3 Å². The van der Waals surface area contributed by atoms with Gasteiger partial charge in [0, 0.05) is 26.3 Å². The number of carbonyl (C=O) groups is 1. The Balaban J connectivity index is 2.44. The van der Waals surface area contributed by atoms with Crippen LogP contribution in [0.3, 0.4) is 0 Å². The van der Waals surface area contributed by atoms with Crippen molar-refractivity contribution in [3.05, 3.63) is 22.6 Å². The largest absolute Gasteiger partial charge is 0.492 e. The molecule has 1 heterocycles. The first-order valence-electron chi connectivity index (χ1n) is 6.83. The number of hydrogen-bond donors (Lipinski definition) is 2. The molecule has 0 aliphatic carbocycles. The number of methoxy groups -OCH3 is 1. The van der Waals surface area contributed by atoms with Crippen LogP contribution in [0.1, 0.15) is 12.8 Å². The molecule has 21 heavy (non-hydrogen) atoms. The molecule has 1 aromatic heterocycles. The molecule has 0 saturated heterocycles. The van der Waals surface area contributed by atoms with Gasteiger partial charge in [0.15, 0.2) is 0 Å². The van der Waals surface area contributed by atoms with Crippen molar-refractivity contribution in [3.63, 3.8) is 0 Å². The third-order valence-electron chi connectivity index (χ3n) is 2.60. The van der Waals surface area contributed by atoms with Gasteiger partial charge in [-0.15, -0.1) is 0 Å². The first-order chi connectivity index (χ1) is 10.2. The molecular weight excluding hydrogens is 276 g/mol. The minimum absolute atomic E-state index is 0.116. The second-order valence-electron chi connectivity index (χ2n) is 4.37. The monoisotopic (exact) mass is 298 g/mol. The number of nitrogens with two attached hydrogens (primary N) is 1. The summed E-state index contributed by atoms with van der Waals surface area (Å²) in [5, 5.41) is 6.59. The molecule has 0 aromatic carbocycles. The average molecular weight is 298 g/mol. The fourth-order valence-corrected chi connectivity index (χ4v) is 1.52. The van der Waals surface area contributed by atoms with Crippen molar-refractivity contribution < 1.29 is 14.3 Å². The summed E-state index contributed by atoms with van der Waals surface area (Å²) in [5.41, 5.74) is 4.96. The van der Waals surface area contributed by atoms with E-state index >= 15 is 0 Å². The smallest absolute Gasteiger partial charge is 0.270 e. The van der Waals surface area contributed by atoms with Crippen LogP contribution in [0.4, 0.5) is 0 Å². The van der Waals surface area contributed by atoms with E-state index in [0.29, 0.717) is 38.5 Å². The van der Waals surface area contributed by atoms with Crippen LogP contribution in [-0.2, 0) is 16.1 Å². The van der Waals surface area contributed by atoms with Crippen molar-refractivity contribution in [3.8, 4) is 5.75 Å². The molecule has 0 saturated carbocycles. The molecule has 8 heteroatoms. The highest BCUT2D eigenvalue weighted by atomic mass is 16.5. The summed E-state index contributed by atoms with van der Waals surface area (Å²) in [4.78, 5) is 23.4. The van der Waals surface area contributed by atoms with Gasteiger partial charge in [-0.1, -0.05) is 0 Å². The van der Waals surface area contributed by atoms with E-state index in [1.807, 2.05) is 0 Å². The van der Waals surface area contributed by atoms with Crippen molar-refractivity contribution in [2.24, 2.45) is 5.73 Å². The van der Waals surface area contributed by atoms with E-state index < -0.39 is 0 Å². The molecule has 1 amide bonds. The fourth-order valence-electron chi connectivity index (χ4n) is 1.52. The molecule has 3 N–H and O–H groups in total. The number of rotatable bonds is 10. The summed E-state index contributed by atoms with van der Waals surface area (Å²) < 4.78 is 11.3. The summed E-state index contributed by atoms with van der Waals surface area (Å²) in [6, 6.07) is 1.31. The maximum Gasteiger partial charge on any atom is 0.270 e. The lowest BCUT2D eigenvalue weighted by Crippen LogP contribution is -2.34. The Morgan fingerprint density at radius 3 is 2.90 bits per heavy atom. The second kappa shape index (κ2) is 9.89. The number of ether oxygens (including phenoxy) is 2. The Morgan fingerprint density at radius 1 is 1.43 bits per heavy atom. The molecule has 0 radical (unpaired) electrons. The van der Waals surface area contributed by atoms with Crippen LogP contribution in [0.25, 0.3) is 0 Å². The molecule has 0 spiro atoms. The van der Waals surface area contributed by atoms with Gasteiger partial charge in [-0.2, -0.15) is 5.10 Å². The van der Waals surface area contributed by atoms with Gasteiger partial charge >= 0.3 is 0 Å². The van der Waals surface area contributed by atoms with Gasteiger partial charge < -0.3 is 20.5 Å². The van der Waals surface area contributed by atoms with Crippen LogP contribution in [0.15, 0.2) is 17.1 Å². The zero-order valence-electron chi connectivity index (χ0n) is 12.2. The standard InChI is InChI=1S/C13H22N4O4/c1-20-6-3-5-15-12(18)10-17-13(19)8-11(9-16-17)21-7-2-4-14/h8-9H,2-7,10,14H2,1H3,(H,15,18). The van der Waals surface area contributed by atoms with Crippen LogP contribution in [0.2, 0.25) is 0 Å². The lowest BCUT2D eigenvalue weighted by Gasteiger charge is -2.08. The van der Waals surface area contributed by atoms with Crippen LogP contribution < -0.4 is 21.3 Å². The van der Waals surface area contributed by atoms with Gasteiger partial charge in [0.05, 0.1) is 12.8 Å². The average Bonchev–Trinajstić information content (AvgIpc) is 2.47.